The summed E-state index contributed by atoms with van der Waals surface area (Å²) >= 11 is 0. The number of nitrogens with zero attached hydrogens (tertiary/aromatic N) is 2. The molecule has 2 N–H and O–H groups in total. The molecule has 0 radical (unpaired) electrons. The van der Waals surface area contributed by atoms with Gasteiger partial charge >= 0.3 is 0 Å². The maximum absolute atomic E-state index is 9.89. The van der Waals surface area contributed by atoms with Crippen molar-refractivity contribution in [2.75, 3.05) is 5.32 Å². The van der Waals surface area contributed by atoms with Crippen molar-refractivity contribution in [1.29, 1.82) is 10.7 Å². The fraction of sp³-hybridized carbons (Fsp3) is 0.139. The van der Waals surface area contributed by atoms with Crippen LogP contribution in [0.25, 0.3) is 11.1 Å². The van der Waals surface area contributed by atoms with Crippen molar-refractivity contribution < 1.29 is 0 Å². The molecule has 1 atom stereocenters. The number of hydrogen-bond acceptors (Lipinski definition) is 4. The van der Waals surface area contributed by atoms with Gasteiger partial charge in [-0.15, -0.1) is 0 Å². The normalized spacial score (nSPS) is 12.6. The Balaban J connectivity index is 1.73. The minimum Gasteiger partial charge on any atom is -0.352 e. The third-order valence-electron chi connectivity index (χ3n) is 7.83. The Bertz CT molecular complexity index is 1540. The summed E-state index contributed by atoms with van der Waals surface area (Å²) in [6.07, 6.45) is 3.86. The Kier molecular flexibility index (Phi) is 7.57. The Morgan fingerprint density at radius 3 is 1.77 bits per heavy atom. The van der Waals surface area contributed by atoms with Gasteiger partial charge in [-0.1, -0.05) is 116 Å². The first-order valence-corrected chi connectivity index (χ1v) is 13.5. The van der Waals surface area contributed by atoms with Gasteiger partial charge in [0.2, 0.25) is 0 Å². The Labute approximate surface area is 236 Å². The summed E-state index contributed by atoms with van der Waals surface area (Å²) in [7, 11) is 0. The molecule has 5 aromatic rings. The van der Waals surface area contributed by atoms with Crippen LogP contribution in [0.5, 0.6) is 0 Å². The van der Waals surface area contributed by atoms with E-state index in [1.807, 2.05) is 92.7 Å². The van der Waals surface area contributed by atoms with Crippen LogP contribution in [-0.4, -0.2) is 11.2 Å². The summed E-state index contributed by atoms with van der Waals surface area (Å²) in [4.78, 5) is 4.79. The molecule has 0 aliphatic heterocycles. The Morgan fingerprint density at radius 2 is 1.30 bits per heavy atom. The fourth-order valence-electron chi connectivity index (χ4n) is 5.31. The third kappa shape index (κ3) is 4.79. The third-order valence-corrected chi connectivity index (χ3v) is 7.83. The molecule has 4 nitrogen and oxygen atoms in total. The molecule has 0 fully saturated rings. The first kappa shape index (κ1) is 26.6. The van der Waals surface area contributed by atoms with Crippen LogP contribution in [0.15, 0.2) is 128 Å². The molecule has 0 bridgehead atoms. The van der Waals surface area contributed by atoms with E-state index in [9.17, 15) is 5.26 Å². The van der Waals surface area contributed by atoms with E-state index in [-0.39, 0.29) is 0 Å². The van der Waals surface area contributed by atoms with Crippen molar-refractivity contribution in [3.05, 3.63) is 155 Å². The number of aromatic nitrogens is 1. The van der Waals surface area contributed by atoms with Crippen molar-refractivity contribution in [1.82, 2.24) is 4.98 Å². The van der Waals surface area contributed by atoms with Crippen LogP contribution >= 0.6 is 0 Å². The highest BCUT2D eigenvalue weighted by Crippen LogP contribution is 2.41. The van der Waals surface area contributed by atoms with E-state index in [0.717, 1.165) is 33.4 Å². The largest absolute Gasteiger partial charge is 0.352 e. The van der Waals surface area contributed by atoms with Gasteiger partial charge in [-0.25, -0.2) is 4.98 Å². The average molecular weight is 521 g/mol. The lowest BCUT2D eigenvalue weighted by Crippen LogP contribution is -2.38. The predicted molar refractivity (Wildman–Crippen MR) is 164 cm³/mol. The first-order chi connectivity index (χ1) is 19.6. The van der Waals surface area contributed by atoms with Crippen molar-refractivity contribution in [2.45, 2.75) is 31.2 Å². The number of nitrogens with one attached hydrogen (secondary N) is 2. The average Bonchev–Trinajstić information content (AvgIpc) is 3.04. The maximum Gasteiger partial charge on any atom is 0.136 e. The van der Waals surface area contributed by atoms with E-state index >= 15 is 0 Å². The lowest BCUT2D eigenvalue weighted by atomic mass is 9.76. The van der Waals surface area contributed by atoms with Gasteiger partial charge in [0.1, 0.15) is 11.4 Å². The first-order valence-electron chi connectivity index (χ1n) is 13.5. The van der Waals surface area contributed by atoms with E-state index < -0.39 is 11.0 Å². The van der Waals surface area contributed by atoms with E-state index in [0.29, 0.717) is 17.8 Å². The SMILES string of the molecule is CCC(C)(C#N)c1cccc(-c2ccnc(NC(c3ccccc3)(c3ccccc3)c3ccccc3)c2C=N)c1. The van der Waals surface area contributed by atoms with Gasteiger partial charge in [0.25, 0.3) is 0 Å². The van der Waals surface area contributed by atoms with Crippen LogP contribution in [0.1, 0.15) is 48.1 Å². The van der Waals surface area contributed by atoms with Crippen LogP contribution < -0.4 is 5.32 Å². The molecule has 0 spiro atoms. The molecule has 0 amide bonds. The number of pyridine rings is 1. The van der Waals surface area contributed by atoms with E-state index in [4.69, 9.17) is 10.4 Å². The molecule has 4 heteroatoms. The topological polar surface area (TPSA) is 72.6 Å². The second-order valence-corrected chi connectivity index (χ2v) is 10.1. The second kappa shape index (κ2) is 11.4. The minimum atomic E-state index is -0.767. The van der Waals surface area contributed by atoms with Crippen molar-refractivity contribution >= 4 is 12.0 Å². The van der Waals surface area contributed by atoms with Crippen molar-refractivity contribution in [3.8, 4) is 17.2 Å². The Hall–Kier alpha value is -5.01. The van der Waals surface area contributed by atoms with Gasteiger partial charge in [0, 0.05) is 18.0 Å². The highest BCUT2D eigenvalue weighted by molar-refractivity contribution is 5.95. The molecular weight excluding hydrogens is 488 g/mol. The minimum absolute atomic E-state index is 0.585. The van der Waals surface area contributed by atoms with Gasteiger partial charge in [0.15, 0.2) is 0 Å². The van der Waals surface area contributed by atoms with Gasteiger partial charge in [-0.05, 0) is 58.9 Å². The van der Waals surface area contributed by atoms with Gasteiger partial charge < -0.3 is 10.7 Å². The van der Waals surface area contributed by atoms with Gasteiger partial charge in [-0.2, -0.15) is 5.26 Å². The van der Waals surface area contributed by atoms with Crippen LogP contribution in [0.3, 0.4) is 0 Å². The molecule has 0 saturated heterocycles. The van der Waals surface area contributed by atoms with Crippen LogP contribution in [0.4, 0.5) is 5.82 Å². The van der Waals surface area contributed by atoms with E-state index in [1.54, 1.807) is 6.20 Å². The predicted octanol–water partition coefficient (Wildman–Crippen LogP) is 8.34. The lowest BCUT2D eigenvalue weighted by molar-refractivity contribution is 0.587. The molecule has 0 saturated carbocycles. The summed E-state index contributed by atoms with van der Waals surface area (Å²) in [5.74, 6) is 0.605. The molecule has 1 unspecified atom stereocenters. The van der Waals surface area contributed by atoms with Crippen LogP contribution in [0.2, 0.25) is 0 Å². The van der Waals surface area contributed by atoms with Gasteiger partial charge in [0.05, 0.1) is 11.5 Å². The second-order valence-electron chi connectivity index (χ2n) is 10.1. The summed E-state index contributed by atoms with van der Waals surface area (Å²) in [5, 5.41) is 22.2. The molecule has 0 aliphatic carbocycles. The fourth-order valence-corrected chi connectivity index (χ4v) is 5.31. The number of hydrogen-bond donors (Lipinski definition) is 2. The molecule has 196 valence electrons. The highest BCUT2D eigenvalue weighted by Gasteiger charge is 2.37. The molecule has 0 aliphatic rings. The molecule has 5 rings (SSSR count). The van der Waals surface area contributed by atoms with Gasteiger partial charge in [-0.3, -0.25) is 0 Å². The zero-order chi connectivity index (χ0) is 28.0. The zero-order valence-corrected chi connectivity index (χ0v) is 22.8. The maximum atomic E-state index is 9.89. The molecule has 1 heterocycles. The van der Waals surface area contributed by atoms with Crippen LogP contribution in [0, 0.1) is 16.7 Å². The Morgan fingerprint density at radius 1 is 0.775 bits per heavy atom. The standard InChI is InChI=1S/C36H32N4/c1-3-35(2,26-38)31-21-13-14-27(24-31)32-22-23-39-34(33(32)25-37)40-36(28-15-7-4-8-16-28,29-17-9-5-10-18-29)30-19-11-6-12-20-30/h4-25,37H,3H2,1-2H3,(H,39,40). The zero-order valence-electron chi connectivity index (χ0n) is 22.8. The number of anilines is 1. The quantitative estimate of drug-likeness (QED) is 0.152. The molecule has 40 heavy (non-hydrogen) atoms. The monoisotopic (exact) mass is 520 g/mol. The highest BCUT2D eigenvalue weighted by atomic mass is 15.1. The number of nitriles is 1. The molecule has 1 aromatic heterocycles. The molecular formula is C36H32N4. The summed E-state index contributed by atoms with van der Waals surface area (Å²) in [6.45, 7) is 4.00. The van der Waals surface area contributed by atoms with Crippen molar-refractivity contribution in [3.63, 3.8) is 0 Å². The summed E-state index contributed by atoms with van der Waals surface area (Å²) < 4.78 is 0. The summed E-state index contributed by atoms with van der Waals surface area (Å²) in [5.41, 5.74) is 5.30. The van der Waals surface area contributed by atoms with E-state index in [2.05, 4.69) is 53.9 Å². The summed E-state index contributed by atoms with van der Waals surface area (Å²) in [6, 6.07) is 43.6. The lowest BCUT2D eigenvalue weighted by Gasteiger charge is -2.38. The van der Waals surface area contributed by atoms with Crippen LogP contribution in [-0.2, 0) is 11.0 Å². The number of rotatable bonds is 9. The smallest absolute Gasteiger partial charge is 0.136 e. The van der Waals surface area contributed by atoms with Crippen molar-refractivity contribution in [2.24, 2.45) is 0 Å². The number of benzene rings is 4. The molecule has 4 aromatic carbocycles. The van der Waals surface area contributed by atoms with E-state index in [1.165, 1.54) is 6.21 Å².